The van der Waals surface area contributed by atoms with Crippen LogP contribution in [-0.4, -0.2) is 17.5 Å². The fraction of sp³-hybridized carbons (Fsp3) is 0.333. The highest BCUT2D eigenvalue weighted by atomic mass is 19.1. The van der Waals surface area contributed by atoms with Crippen molar-refractivity contribution < 1.29 is 4.39 Å². The standard InChI is InChI=1S/C18H23FN2/c1-3-21(13-15-9-5-4-6-10-15)18(14(2)20)16-11-7-8-12-17(16)19/h4-12,14,18H,3,13,20H2,1-2H3. The van der Waals surface area contributed by atoms with Gasteiger partial charge in [-0.2, -0.15) is 0 Å². The number of hydrogen-bond acceptors (Lipinski definition) is 2. The van der Waals surface area contributed by atoms with Crippen molar-refractivity contribution in [1.82, 2.24) is 4.90 Å². The maximum absolute atomic E-state index is 14.2. The lowest BCUT2D eigenvalue weighted by molar-refractivity contribution is 0.173. The molecule has 2 aromatic rings. The van der Waals surface area contributed by atoms with Crippen molar-refractivity contribution in [2.24, 2.45) is 5.73 Å². The second kappa shape index (κ2) is 7.34. The van der Waals surface area contributed by atoms with E-state index >= 15 is 0 Å². The van der Waals surface area contributed by atoms with Crippen LogP contribution >= 0.6 is 0 Å². The zero-order valence-electron chi connectivity index (χ0n) is 12.7. The molecular weight excluding hydrogens is 263 g/mol. The molecular formula is C18H23FN2. The van der Waals surface area contributed by atoms with Gasteiger partial charge in [0.25, 0.3) is 0 Å². The Bertz CT molecular complexity index is 554. The molecule has 0 spiro atoms. The van der Waals surface area contributed by atoms with Crippen molar-refractivity contribution in [3.63, 3.8) is 0 Å². The van der Waals surface area contributed by atoms with E-state index in [1.165, 1.54) is 11.6 Å². The summed E-state index contributed by atoms with van der Waals surface area (Å²) in [5.74, 6) is -0.189. The molecule has 0 heterocycles. The third kappa shape index (κ3) is 3.90. The van der Waals surface area contributed by atoms with Crippen molar-refractivity contribution in [3.05, 3.63) is 71.5 Å². The molecule has 0 radical (unpaired) electrons. The van der Waals surface area contributed by atoms with Gasteiger partial charge in [-0.3, -0.25) is 4.90 Å². The first kappa shape index (κ1) is 15.7. The van der Waals surface area contributed by atoms with Crippen LogP contribution in [0.3, 0.4) is 0 Å². The Morgan fingerprint density at radius 2 is 1.67 bits per heavy atom. The number of hydrogen-bond donors (Lipinski definition) is 1. The van der Waals surface area contributed by atoms with E-state index in [1.807, 2.05) is 37.3 Å². The van der Waals surface area contributed by atoms with Gasteiger partial charge in [-0.25, -0.2) is 4.39 Å². The Balaban J connectivity index is 2.29. The number of nitrogens with two attached hydrogens (primary N) is 1. The van der Waals surface area contributed by atoms with Gasteiger partial charge in [0, 0.05) is 18.2 Å². The minimum absolute atomic E-state index is 0.128. The van der Waals surface area contributed by atoms with Gasteiger partial charge in [0.05, 0.1) is 6.04 Å². The average Bonchev–Trinajstić information content (AvgIpc) is 2.49. The maximum Gasteiger partial charge on any atom is 0.128 e. The van der Waals surface area contributed by atoms with Crippen LogP contribution in [0.25, 0.3) is 0 Å². The predicted octanol–water partition coefficient (Wildman–Crippen LogP) is 3.74. The lowest BCUT2D eigenvalue weighted by atomic mass is 9.98. The largest absolute Gasteiger partial charge is 0.326 e. The van der Waals surface area contributed by atoms with Gasteiger partial charge in [0.1, 0.15) is 5.82 Å². The third-order valence-electron chi connectivity index (χ3n) is 3.75. The summed E-state index contributed by atoms with van der Waals surface area (Å²) in [5.41, 5.74) is 8.04. The number of halogens is 1. The van der Waals surface area contributed by atoms with Crippen LogP contribution in [-0.2, 0) is 6.54 Å². The van der Waals surface area contributed by atoms with Gasteiger partial charge >= 0.3 is 0 Å². The molecule has 3 heteroatoms. The molecule has 0 bridgehead atoms. The number of nitrogens with zero attached hydrogens (tertiary/aromatic N) is 1. The van der Waals surface area contributed by atoms with Crippen LogP contribution in [0.1, 0.15) is 31.0 Å². The second-order valence-electron chi connectivity index (χ2n) is 5.37. The summed E-state index contributed by atoms with van der Waals surface area (Å²) in [6.45, 7) is 5.59. The molecule has 2 N–H and O–H groups in total. The van der Waals surface area contributed by atoms with Crippen LogP contribution in [0.4, 0.5) is 4.39 Å². The minimum Gasteiger partial charge on any atom is -0.326 e. The lowest BCUT2D eigenvalue weighted by Gasteiger charge is -2.34. The molecule has 0 aromatic heterocycles. The quantitative estimate of drug-likeness (QED) is 0.876. The topological polar surface area (TPSA) is 29.3 Å². The minimum atomic E-state index is -0.189. The van der Waals surface area contributed by atoms with Gasteiger partial charge in [0.15, 0.2) is 0 Å². The van der Waals surface area contributed by atoms with Crippen LogP contribution in [0, 0.1) is 5.82 Å². The van der Waals surface area contributed by atoms with E-state index < -0.39 is 0 Å². The molecule has 0 saturated carbocycles. The van der Waals surface area contributed by atoms with E-state index in [0.717, 1.165) is 13.1 Å². The summed E-state index contributed by atoms with van der Waals surface area (Å²) < 4.78 is 14.2. The van der Waals surface area contributed by atoms with Crippen LogP contribution in [0.5, 0.6) is 0 Å². The first-order valence-electron chi connectivity index (χ1n) is 7.41. The first-order chi connectivity index (χ1) is 10.1. The molecule has 0 aliphatic carbocycles. The van der Waals surface area contributed by atoms with E-state index in [0.29, 0.717) is 5.56 Å². The molecule has 0 aliphatic rings. The number of rotatable bonds is 6. The van der Waals surface area contributed by atoms with Gasteiger partial charge in [-0.15, -0.1) is 0 Å². The molecule has 2 atom stereocenters. The zero-order valence-corrected chi connectivity index (χ0v) is 12.7. The van der Waals surface area contributed by atoms with Crippen molar-refractivity contribution in [3.8, 4) is 0 Å². The Morgan fingerprint density at radius 1 is 1.05 bits per heavy atom. The van der Waals surface area contributed by atoms with E-state index in [4.69, 9.17) is 5.73 Å². The molecule has 0 amide bonds. The van der Waals surface area contributed by atoms with E-state index in [2.05, 4.69) is 24.0 Å². The van der Waals surface area contributed by atoms with Gasteiger partial charge < -0.3 is 5.73 Å². The fourth-order valence-electron chi connectivity index (χ4n) is 2.75. The Morgan fingerprint density at radius 3 is 2.24 bits per heavy atom. The third-order valence-corrected chi connectivity index (χ3v) is 3.75. The van der Waals surface area contributed by atoms with Crippen molar-refractivity contribution in [1.29, 1.82) is 0 Å². The average molecular weight is 286 g/mol. The van der Waals surface area contributed by atoms with Crippen LogP contribution < -0.4 is 5.73 Å². The molecule has 21 heavy (non-hydrogen) atoms. The summed E-state index contributed by atoms with van der Waals surface area (Å²) >= 11 is 0. The van der Waals surface area contributed by atoms with Gasteiger partial charge in [-0.1, -0.05) is 55.5 Å². The molecule has 2 unspecified atom stereocenters. The van der Waals surface area contributed by atoms with E-state index in [1.54, 1.807) is 6.07 Å². The van der Waals surface area contributed by atoms with Crippen molar-refractivity contribution in [2.75, 3.05) is 6.54 Å². The predicted molar refractivity (Wildman–Crippen MR) is 85.3 cm³/mol. The van der Waals surface area contributed by atoms with E-state index in [-0.39, 0.29) is 17.9 Å². The molecule has 0 aliphatic heterocycles. The maximum atomic E-state index is 14.2. The number of benzene rings is 2. The highest BCUT2D eigenvalue weighted by Gasteiger charge is 2.25. The summed E-state index contributed by atoms with van der Waals surface area (Å²) in [4.78, 5) is 2.22. The molecule has 2 aromatic carbocycles. The summed E-state index contributed by atoms with van der Waals surface area (Å²) in [6, 6.07) is 16.8. The summed E-state index contributed by atoms with van der Waals surface area (Å²) in [7, 11) is 0. The first-order valence-corrected chi connectivity index (χ1v) is 7.41. The van der Waals surface area contributed by atoms with Crippen LogP contribution in [0.2, 0.25) is 0 Å². The molecule has 0 fully saturated rings. The molecule has 0 saturated heterocycles. The SMILES string of the molecule is CCN(Cc1ccccc1)C(c1ccccc1F)C(C)N. The Labute approximate surface area is 126 Å². The van der Waals surface area contributed by atoms with Crippen molar-refractivity contribution >= 4 is 0 Å². The zero-order chi connectivity index (χ0) is 15.2. The van der Waals surface area contributed by atoms with Crippen LogP contribution in [0.15, 0.2) is 54.6 Å². The normalized spacial score (nSPS) is 14.1. The summed E-state index contributed by atoms with van der Waals surface area (Å²) in [6.07, 6.45) is 0. The molecule has 2 rings (SSSR count). The Kier molecular flexibility index (Phi) is 5.48. The number of likely N-dealkylation sites (N-methyl/N-ethyl adjacent to an activating group) is 1. The molecule has 112 valence electrons. The smallest absolute Gasteiger partial charge is 0.128 e. The Hall–Kier alpha value is -1.71. The van der Waals surface area contributed by atoms with Crippen molar-refractivity contribution in [2.45, 2.75) is 32.5 Å². The van der Waals surface area contributed by atoms with E-state index in [9.17, 15) is 4.39 Å². The highest BCUT2D eigenvalue weighted by Crippen LogP contribution is 2.27. The lowest BCUT2D eigenvalue weighted by Crippen LogP contribution is -2.39. The highest BCUT2D eigenvalue weighted by molar-refractivity contribution is 5.23. The van der Waals surface area contributed by atoms with Gasteiger partial charge in [0.2, 0.25) is 0 Å². The monoisotopic (exact) mass is 286 g/mol. The fourth-order valence-corrected chi connectivity index (χ4v) is 2.75. The summed E-state index contributed by atoms with van der Waals surface area (Å²) in [5, 5.41) is 0. The van der Waals surface area contributed by atoms with Gasteiger partial charge in [-0.05, 0) is 25.1 Å². The molecule has 2 nitrogen and oxygen atoms in total. The second-order valence-corrected chi connectivity index (χ2v) is 5.37.